The van der Waals surface area contributed by atoms with Crippen LogP contribution in [-0.2, 0) is 21.4 Å². The molecule has 1 amide bonds. The molecule has 0 unspecified atom stereocenters. The van der Waals surface area contributed by atoms with Crippen molar-refractivity contribution in [1.82, 2.24) is 5.43 Å². The van der Waals surface area contributed by atoms with E-state index in [9.17, 15) is 13.2 Å². The Balaban J connectivity index is 1.57. The van der Waals surface area contributed by atoms with Gasteiger partial charge in [0.1, 0.15) is 18.9 Å². The number of carbonyl (C=O) groups is 1. The Kier molecular flexibility index (Phi) is 8.55. The van der Waals surface area contributed by atoms with Crippen molar-refractivity contribution in [2.75, 3.05) is 17.1 Å². The number of carbonyl (C=O) groups excluding carboxylic acids is 1. The summed E-state index contributed by atoms with van der Waals surface area (Å²) in [5.41, 5.74) is 5.41. The summed E-state index contributed by atoms with van der Waals surface area (Å²) in [6.07, 6.45) is 2.42. The van der Waals surface area contributed by atoms with Crippen LogP contribution in [0.3, 0.4) is 0 Å². The third-order valence-corrected chi connectivity index (χ3v) is 6.63. The molecule has 3 aromatic rings. The number of ether oxygens (including phenoxy) is 1. The molecule has 0 heterocycles. The van der Waals surface area contributed by atoms with E-state index in [-0.39, 0.29) is 15.7 Å². The molecule has 7 nitrogen and oxygen atoms in total. The highest BCUT2D eigenvalue weighted by molar-refractivity contribution is 7.92. The summed E-state index contributed by atoms with van der Waals surface area (Å²) in [7, 11) is -3.80. The first-order chi connectivity index (χ1) is 16.1. The molecule has 0 spiro atoms. The SMILES string of the molecule is Cc1ccc(COc2ccc(/C=N\NC(=O)CN(c3cccc(Cl)c3Cl)S(C)(=O)=O)cc2)cc1. The van der Waals surface area contributed by atoms with Crippen molar-refractivity contribution in [3.8, 4) is 5.75 Å². The van der Waals surface area contributed by atoms with Gasteiger partial charge in [0.05, 0.1) is 28.2 Å². The lowest BCUT2D eigenvalue weighted by atomic mass is 10.2. The third-order valence-electron chi connectivity index (χ3n) is 4.70. The summed E-state index contributed by atoms with van der Waals surface area (Å²) in [6, 6.07) is 19.8. The molecule has 34 heavy (non-hydrogen) atoms. The maximum atomic E-state index is 12.3. The van der Waals surface area contributed by atoms with Crippen molar-refractivity contribution in [1.29, 1.82) is 0 Å². The van der Waals surface area contributed by atoms with Gasteiger partial charge in [-0.3, -0.25) is 9.10 Å². The van der Waals surface area contributed by atoms with Crippen LogP contribution in [0.1, 0.15) is 16.7 Å². The van der Waals surface area contributed by atoms with Crippen LogP contribution in [0.25, 0.3) is 0 Å². The standard InChI is InChI=1S/C24H23Cl2N3O4S/c1-17-6-8-19(9-7-17)16-33-20-12-10-18(11-13-20)14-27-28-23(30)15-29(34(2,31)32)22-5-3-4-21(25)24(22)26/h3-14H,15-16H2,1-2H3,(H,28,30)/b27-14-. The van der Waals surface area contributed by atoms with Crippen LogP contribution in [0, 0.1) is 6.92 Å². The fraction of sp³-hybridized carbons (Fsp3) is 0.167. The quantitative estimate of drug-likeness (QED) is 0.325. The summed E-state index contributed by atoms with van der Waals surface area (Å²) >= 11 is 12.1. The summed E-state index contributed by atoms with van der Waals surface area (Å²) in [6.45, 7) is 1.98. The van der Waals surface area contributed by atoms with E-state index >= 15 is 0 Å². The van der Waals surface area contributed by atoms with Gasteiger partial charge in [-0.1, -0.05) is 59.1 Å². The average molecular weight is 520 g/mol. The number of hydrazone groups is 1. The lowest BCUT2D eigenvalue weighted by molar-refractivity contribution is -0.119. The topological polar surface area (TPSA) is 88.1 Å². The predicted octanol–water partition coefficient (Wildman–Crippen LogP) is 4.80. The van der Waals surface area contributed by atoms with Gasteiger partial charge < -0.3 is 4.74 Å². The van der Waals surface area contributed by atoms with E-state index in [4.69, 9.17) is 27.9 Å². The number of aryl methyl sites for hydroxylation is 1. The highest BCUT2D eigenvalue weighted by Gasteiger charge is 2.23. The van der Waals surface area contributed by atoms with Gasteiger partial charge in [-0.15, -0.1) is 0 Å². The fourth-order valence-electron chi connectivity index (χ4n) is 2.91. The van der Waals surface area contributed by atoms with Gasteiger partial charge in [-0.2, -0.15) is 5.10 Å². The van der Waals surface area contributed by atoms with Crippen molar-refractivity contribution in [3.63, 3.8) is 0 Å². The molecule has 1 N–H and O–H groups in total. The lowest BCUT2D eigenvalue weighted by Gasteiger charge is -2.22. The van der Waals surface area contributed by atoms with Crippen LogP contribution in [0.2, 0.25) is 10.0 Å². The zero-order chi connectivity index (χ0) is 24.7. The first kappa shape index (κ1) is 25.6. The van der Waals surface area contributed by atoms with E-state index in [2.05, 4.69) is 10.5 Å². The number of sulfonamides is 1. The van der Waals surface area contributed by atoms with Crippen LogP contribution in [0.15, 0.2) is 71.8 Å². The Bertz CT molecular complexity index is 1280. The summed E-state index contributed by atoms with van der Waals surface area (Å²) in [5.74, 6) is 0.0553. The van der Waals surface area contributed by atoms with Crippen LogP contribution in [-0.4, -0.2) is 33.3 Å². The largest absolute Gasteiger partial charge is 0.489 e. The molecule has 3 rings (SSSR count). The number of nitrogens with one attached hydrogen (secondary N) is 1. The maximum Gasteiger partial charge on any atom is 0.260 e. The molecule has 0 radical (unpaired) electrons. The highest BCUT2D eigenvalue weighted by Crippen LogP contribution is 2.33. The van der Waals surface area contributed by atoms with Crippen LogP contribution in [0.5, 0.6) is 5.75 Å². The minimum Gasteiger partial charge on any atom is -0.489 e. The van der Waals surface area contributed by atoms with Gasteiger partial charge in [0.2, 0.25) is 10.0 Å². The van der Waals surface area contributed by atoms with E-state index in [0.29, 0.717) is 12.4 Å². The normalized spacial score (nSPS) is 11.4. The average Bonchev–Trinajstić information content (AvgIpc) is 2.79. The highest BCUT2D eigenvalue weighted by atomic mass is 35.5. The smallest absolute Gasteiger partial charge is 0.260 e. The number of hydrogen-bond donors (Lipinski definition) is 1. The second kappa shape index (κ2) is 11.4. The molecule has 0 aliphatic rings. The number of anilines is 1. The van der Waals surface area contributed by atoms with Crippen molar-refractivity contribution < 1.29 is 17.9 Å². The summed E-state index contributed by atoms with van der Waals surface area (Å²) in [5, 5.41) is 4.11. The molecule has 3 aromatic carbocycles. The Labute approximate surface area is 209 Å². The molecule has 0 aliphatic carbocycles. The predicted molar refractivity (Wildman–Crippen MR) is 136 cm³/mol. The van der Waals surface area contributed by atoms with Crippen molar-refractivity contribution >= 4 is 51.0 Å². The molecule has 10 heteroatoms. The number of benzene rings is 3. The van der Waals surface area contributed by atoms with Crippen LogP contribution < -0.4 is 14.5 Å². The van der Waals surface area contributed by atoms with Gasteiger partial charge in [0, 0.05) is 0 Å². The van der Waals surface area contributed by atoms with E-state index in [0.717, 1.165) is 21.7 Å². The van der Waals surface area contributed by atoms with Gasteiger partial charge >= 0.3 is 0 Å². The van der Waals surface area contributed by atoms with Gasteiger partial charge in [-0.25, -0.2) is 13.8 Å². The van der Waals surface area contributed by atoms with Gasteiger partial charge in [0.15, 0.2) is 0 Å². The van der Waals surface area contributed by atoms with Crippen LogP contribution >= 0.6 is 23.2 Å². The molecule has 0 saturated heterocycles. The molecular formula is C24H23Cl2N3O4S. The molecule has 178 valence electrons. The molecule has 0 aromatic heterocycles. The number of hydrogen-bond acceptors (Lipinski definition) is 5. The van der Waals surface area contributed by atoms with E-state index in [1.54, 1.807) is 30.3 Å². The van der Waals surface area contributed by atoms with E-state index < -0.39 is 22.5 Å². The van der Waals surface area contributed by atoms with E-state index in [1.807, 2.05) is 31.2 Å². The monoisotopic (exact) mass is 519 g/mol. The first-order valence-electron chi connectivity index (χ1n) is 10.2. The Hall–Kier alpha value is -3.07. The molecule has 0 atom stereocenters. The summed E-state index contributed by atoms with van der Waals surface area (Å²) < 4.78 is 31.1. The zero-order valence-electron chi connectivity index (χ0n) is 18.5. The van der Waals surface area contributed by atoms with E-state index in [1.165, 1.54) is 23.9 Å². The van der Waals surface area contributed by atoms with Gasteiger partial charge in [0.25, 0.3) is 5.91 Å². The number of halogens is 2. The molecular weight excluding hydrogens is 497 g/mol. The minimum absolute atomic E-state index is 0.0376. The van der Waals surface area contributed by atoms with Gasteiger partial charge in [-0.05, 0) is 54.4 Å². The molecule has 0 fully saturated rings. The molecule has 0 saturated carbocycles. The zero-order valence-corrected chi connectivity index (χ0v) is 20.9. The summed E-state index contributed by atoms with van der Waals surface area (Å²) in [4.78, 5) is 12.3. The molecule has 0 bridgehead atoms. The Morgan fingerprint density at radius 2 is 1.74 bits per heavy atom. The van der Waals surface area contributed by atoms with Crippen LogP contribution in [0.4, 0.5) is 5.69 Å². The third kappa shape index (κ3) is 7.21. The number of rotatable bonds is 9. The second-order valence-electron chi connectivity index (χ2n) is 7.48. The van der Waals surface area contributed by atoms with Crippen molar-refractivity contribution in [3.05, 3.63) is 93.5 Å². The minimum atomic E-state index is -3.80. The Morgan fingerprint density at radius 3 is 2.38 bits per heavy atom. The second-order valence-corrected chi connectivity index (χ2v) is 10.2. The van der Waals surface area contributed by atoms with Crippen molar-refractivity contribution in [2.24, 2.45) is 5.10 Å². The molecule has 0 aliphatic heterocycles. The van der Waals surface area contributed by atoms with Crippen molar-refractivity contribution in [2.45, 2.75) is 13.5 Å². The number of amides is 1. The fourth-order valence-corrected chi connectivity index (χ4v) is 4.22. The number of nitrogens with zero attached hydrogens (tertiary/aromatic N) is 2. The Morgan fingerprint density at radius 1 is 1.06 bits per heavy atom. The first-order valence-corrected chi connectivity index (χ1v) is 12.8. The maximum absolute atomic E-state index is 12.3. The lowest BCUT2D eigenvalue weighted by Crippen LogP contribution is -2.39.